The van der Waals surface area contributed by atoms with Gasteiger partial charge < -0.3 is 14.5 Å². The van der Waals surface area contributed by atoms with Crippen molar-refractivity contribution in [3.63, 3.8) is 0 Å². The van der Waals surface area contributed by atoms with E-state index in [2.05, 4.69) is 17.0 Å². The summed E-state index contributed by atoms with van der Waals surface area (Å²) in [4.78, 5) is 20.9. The maximum absolute atomic E-state index is 12.2. The minimum atomic E-state index is -0.457. The highest BCUT2D eigenvalue weighted by atomic mass is 16.6. The minimum absolute atomic E-state index is 0.232. The Morgan fingerprint density at radius 2 is 2.00 bits per heavy atom. The van der Waals surface area contributed by atoms with Crippen LogP contribution >= 0.6 is 0 Å². The molecule has 24 heavy (non-hydrogen) atoms. The molecule has 5 nitrogen and oxygen atoms in total. The average Bonchev–Trinajstić information content (AvgIpc) is 3.02. The van der Waals surface area contributed by atoms with Crippen molar-refractivity contribution < 1.29 is 9.53 Å². The summed E-state index contributed by atoms with van der Waals surface area (Å²) >= 11 is 0. The van der Waals surface area contributed by atoms with Crippen LogP contribution in [0.15, 0.2) is 36.4 Å². The SMILES string of the molecule is CN(c1ccc2ccccc2n1)C1CCN(C(=O)OC(C)(C)C)C1. The number of pyridine rings is 1. The number of likely N-dealkylation sites (N-methyl/N-ethyl adjacent to an activating group) is 1. The van der Waals surface area contributed by atoms with Gasteiger partial charge in [-0.2, -0.15) is 0 Å². The quantitative estimate of drug-likeness (QED) is 0.844. The van der Waals surface area contributed by atoms with Gasteiger partial charge in [-0.3, -0.25) is 0 Å². The Morgan fingerprint density at radius 1 is 1.25 bits per heavy atom. The van der Waals surface area contributed by atoms with Crippen molar-refractivity contribution in [3.05, 3.63) is 36.4 Å². The Kier molecular flexibility index (Phi) is 4.35. The number of anilines is 1. The van der Waals surface area contributed by atoms with Crippen molar-refractivity contribution in [3.8, 4) is 0 Å². The fourth-order valence-corrected chi connectivity index (χ4v) is 2.99. The molecule has 2 aromatic rings. The lowest BCUT2D eigenvalue weighted by atomic mass is 10.2. The van der Waals surface area contributed by atoms with Crippen LogP contribution in [0.3, 0.4) is 0 Å². The third-order valence-electron chi connectivity index (χ3n) is 4.31. The van der Waals surface area contributed by atoms with E-state index in [4.69, 9.17) is 9.72 Å². The maximum Gasteiger partial charge on any atom is 0.410 e. The largest absolute Gasteiger partial charge is 0.444 e. The lowest BCUT2D eigenvalue weighted by molar-refractivity contribution is 0.0292. The summed E-state index contributed by atoms with van der Waals surface area (Å²) in [6, 6.07) is 12.5. The topological polar surface area (TPSA) is 45.7 Å². The summed E-state index contributed by atoms with van der Waals surface area (Å²) in [5.74, 6) is 0.935. The number of hydrogen-bond acceptors (Lipinski definition) is 4. The number of carbonyl (C=O) groups excluding carboxylic acids is 1. The standard InChI is InChI=1S/C19H25N3O2/c1-19(2,3)24-18(23)22-12-11-15(13-22)21(4)17-10-9-14-7-5-6-8-16(14)20-17/h5-10,15H,11-13H2,1-4H3. The number of nitrogens with zero attached hydrogens (tertiary/aromatic N) is 3. The van der Waals surface area contributed by atoms with Gasteiger partial charge in [-0.25, -0.2) is 9.78 Å². The summed E-state index contributed by atoms with van der Waals surface area (Å²) in [6.45, 7) is 7.06. The van der Waals surface area contributed by atoms with Gasteiger partial charge in [-0.1, -0.05) is 18.2 Å². The van der Waals surface area contributed by atoms with Crippen LogP contribution in [-0.2, 0) is 4.74 Å². The van der Waals surface area contributed by atoms with Crippen LogP contribution in [0.25, 0.3) is 10.9 Å². The number of ether oxygens (including phenoxy) is 1. The molecule has 3 rings (SSSR count). The lowest BCUT2D eigenvalue weighted by Gasteiger charge is -2.27. The third-order valence-corrected chi connectivity index (χ3v) is 4.31. The highest BCUT2D eigenvalue weighted by Crippen LogP contribution is 2.23. The van der Waals surface area contributed by atoms with Crippen LogP contribution in [0.2, 0.25) is 0 Å². The van der Waals surface area contributed by atoms with E-state index < -0.39 is 5.60 Å². The fraction of sp³-hybridized carbons (Fsp3) is 0.474. The molecule has 1 atom stereocenters. The molecule has 0 radical (unpaired) electrons. The van der Waals surface area contributed by atoms with Gasteiger partial charge in [0.25, 0.3) is 0 Å². The second kappa shape index (κ2) is 6.30. The predicted molar refractivity (Wildman–Crippen MR) is 96.4 cm³/mol. The van der Waals surface area contributed by atoms with Crippen LogP contribution in [0.4, 0.5) is 10.6 Å². The van der Waals surface area contributed by atoms with Gasteiger partial charge in [0, 0.05) is 31.6 Å². The Bertz CT molecular complexity index is 739. The molecule has 1 aliphatic heterocycles. The molecule has 128 valence electrons. The average molecular weight is 327 g/mol. The molecule has 0 spiro atoms. The van der Waals surface area contributed by atoms with Crippen molar-refractivity contribution >= 4 is 22.8 Å². The molecule has 1 amide bonds. The van der Waals surface area contributed by atoms with Gasteiger partial charge in [0.15, 0.2) is 0 Å². The van der Waals surface area contributed by atoms with Crippen LogP contribution < -0.4 is 4.90 Å². The van der Waals surface area contributed by atoms with Crippen LogP contribution in [0, 0.1) is 0 Å². The van der Waals surface area contributed by atoms with Crippen molar-refractivity contribution in [1.82, 2.24) is 9.88 Å². The van der Waals surface area contributed by atoms with Crippen LogP contribution in [0.1, 0.15) is 27.2 Å². The molecular formula is C19H25N3O2. The number of fused-ring (bicyclic) bond motifs is 1. The fourth-order valence-electron chi connectivity index (χ4n) is 2.99. The number of benzene rings is 1. The van der Waals surface area contributed by atoms with E-state index in [1.54, 1.807) is 4.90 Å². The van der Waals surface area contributed by atoms with E-state index in [9.17, 15) is 4.79 Å². The summed E-state index contributed by atoms with van der Waals surface area (Å²) in [5, 5.41) is 1.14. The van der Waals surface area contributed by atoms with Crippen LogP contribution in [0.5, 0.6) is 0 Å². The first kappa shape index (κ1) is 16.6. The number of aromatic nitrogens is 1. The van der Waals surface area contributed by atoms with E-state index in [-0.39, 0.29) is 12.1 Å². The smallest absolute Gasteiger partial charge is 0.410 e. The van der Waals surface area contributed by atoms with Crippen LogP contribution in [-0.4, -0.2) is 47.8 Å². The number of hydrogen-bond donors (Lipinski definition) is 0. The predicted octanol–water partition coefficient (Wildman–Crippen LogP) is 3.68. The van der Waals surface area contributed by atoms with Crippen molar-refractivity contribution in [2.24, 2.45) is 0 Å². The van der Waals surface area contributed by atoms with Gasteiger partial charge in [0.2, 0.25) is 0 Å². The van der Waals surface area contributed by atoms with Crippen molar-refractivity contribution in [2.75, 3.05) is 25.0 Å². The molecule has 0 aliphatic carbocycles. The molecule has 5 heteroatoms. The second-order valence-electron chi connectivity index (χ2n) is 7.34. The summed E-state index contributed by atoms with van der Waals surface area (Å²) in [6.07, 6.45) is 0.689. The third kappa shape index (κ3) is 3.61. The molecule has 2 heterocycles. The van der Waals surface area contributed by atoms with E-state index in [1.165, 1.54) is 0 Å². The first-order valence-corrected chi connectivity index (χ1v) is 8.40. The van der Waals surface area contributed by atoms with Gasteiger partial charge >= 0.3 is 6.09 Å². The molecular weight excluding hydrogens is 302 g/mol. The maximum atomic E-state index is 12.2. The molecule has 0 N–H and O–H groups in total. The van der Waals surface area contributed by atoms with Gasteiger partial charge in [0.1, 0.15) is 11.4 Å². The van der Waals surface area contributed by atoms with Gasteiger partial charge in [-0.05, 0) is 45.4 Å². The zero-order valence-corrected chi connectivity index (χ0v) is 14.8. The number of carbonyl (C=O) groups is 1. The monoisotopic (exact) mass is 327 g/mol. The highest BCUT2D eigenvalue weighted by Gasteiger charge is 2.32. The second-order valence-corrected chi connectivity index (χ2v) is 7.34. The Hall–Kier alpha value is -2.30. The molecule has 0 saturated carbocycles. The Balaban J connectivity index is 1.69. The van der Waals surface area contributed by atoms with E-state index in [0.717, 1.165) is 29.7 Å². The molecule has 1 unspecified atom stereocenters. The zero-order chi connectivity index (χ0) is 17.3. The minimum Gasteiger partial charge on any atom is -0.444 e. The molecule has 1 fully saturated rings. The highest BCUT2D eigenvalue weighted by molar-refractivity contribution is 5.80. The van der Waals surface area contributed by atoms with Gasteiger partial charge in [-0.15, -0.1) is 0 Å². The molecule has 0 bridgehead atoms. The molecule has 1 aromatic carbocycles. The molecule has 1 aromatic heterocycles. The van der Waals surface area contributed by atoms with Crippen molar-refractivity contribution in [1.29, 1.82) is 0 Å². The number of likely N-dealkylation sites (tertiary alicyclic amines) is 1. The zero-order valence-electron chi connectivity index (χ0n) is 14.8. The Morgan fingerprint density at radius 3 is 2.75 bits per heavy atom. The van der Waals surface area contributed by atoms with E-state index in [0.29, 0.717) is 6.54 Å². The number of amides is 1. The number of para-hydroxylation sites is 1. The number of rotatable bonds is 2. The van der Waals surface area contributed by atoms with Crippen molar-refractivity contribution in [2.45, 2.75) is 38.8 Å². The molecule has 1 saturated heterocycles. The first-order chi connectivity index (χ1) is 11.3. The summed E-state index contributed by atoms with van der Waals surface area (Å²) in [7, 11) is 2.04. The Labute approximate surface area is 143 Å². The van der Waals surface area contributed by atoms with E-state index >= 15 is 0 Å². The first-order valence-electron chi connectivity index (χ1n) is 8.40. The normalized spacial score (nSPS) is 18.0. The summed E-state index contributed by atoms with van der Waals surface area (Å²) in [5.41, 5.74) is 0.532. The lowest BCUT2D eigenvalue weighted by Crippen LogP contribution is -2.39. The van der Waals surface area contributed by atoms with Gasteiger partial charge in [0.05, 0.1) is 5.52 Å². The summed E-state index contributed by atoms with van der Waals surface area (Å²) < 4.78 is 5.47. The van der Waals surface area contributed by atoms with E-state index in [1.807, 2.05) is 52.1 Å². The molecule has 1 aliphatic rings.